The van der Waals surface area contributed by atoms with Crippen LogP contribution in [0.3, 0.4) is 0 Å². The first kappa shape index (κ1) is 13.2. The second kappa shape index (κ2) is 5.61. The van der Waals surface area contributed by atoms with Crippen LogP contribution < -0.4 is 10.2 Å². The van der Waals surface area contributed by atoms with E-state index in [1.807, 2.05) is 50.2 Å². The maximum Gasteiger partial charge on any atom is 0.128 e. The monoisotopic (exact) mass is 257 g/mol. The molecule has 0 fully saturated rings. The number of nitrogens with zero attached hydrogens (tertiary/aromatic N) is 2. The van der Waals surface area contributed by atoms with Gasteiger partial charge in [0, 0.05) is 26.2 Å². The van der Waals surface area contributed by atoms with Gasteiger partial charge in [-0.3, -0.25) is 0 Å². The summed E-state index contributed by atoms with van der Waals surface area (Å²) in [5, 5.41) is 13.0. The van der Waals surface area contributed by atoms with Gasteiger partial charge in [-0.1, -0.05) is 17.7 Å². The molecule has 2 rings (SSSR count). The molecule has 19 heavy (non-hydrogen) atoms. The Hall–Kier alpha value is -2.23. The van der Waals surface area contributed by atoms with E-state index in [1.165, 1.54) is 0 Å². The van der Waals surface area contributed by atoms with E-state index < -0.39 is 0 Å². The molecule has 1 aromatic heterocycles. The lowest BCUT2D eigenvalue weighted by molar-refractivity contribution is 0.469. The molecule has 0 radical (unpaired) electrons. The van der Waals surface area contributed by atoms with Crippen LogP contribution in [0.2, 0.25) is 0 Å². The standard InChI is InChI=1S/C15H19N3O/c1-11-4-6-14(19)12(8-11)9-16-13-5-7-15(17-10-13)18(2)3/h4-8,10,16,19H,9H2,1-3H3. The van der Waals surface area contributed by atoms with E-state index in [4.69, 9.17) is 0 Å². The largest absolute Gasteiger partial charge is 0.508 e. The van der Waals surface area contributed by atoms with Crippen molar-refractivity contribution in [3.8, 4) is 5.75 Å². The molecule has 2 N–H and O–H groups in total. The van der Waals surface area contributed by atoms with Crippen LogP contribution in [0.5, 0.6) is 5.75 Å². The normalized spacial score (nSPS) is 10.3. The molecule has 0 aliphatic heterocycles. The van der Waals surface area contributed by atoms with Gasteiger partial charge in [0.15, 0.2) is 0 Å². The fourth-order valence-corrected chi connectivity index (χ4v) is 1.81. The lowest BCUT2D eigenvalue weighted by Gasteiger charge is -2.12. The second-order valence-corrected chi connectivity index (χ2v) is 4.79. The molecule has 2 aromatic rings. The Morgan fingerprint density at radius 2 is 2.00 bits per heavy atom. The molecule has 0 bridgehead atoms. The summed E-state index contributed by atoms with van der Waals surface area (Å²) in [5.74, 6) is 1.24. The summed E-state index contributed by atoms with van der Waals surface area (Å²) < 4.78 is 0. The molecule has 0 saturated heterocycles. The smallest absolute Gasteiger partial charge is 0.128 e. The topological polar surface area (TPSA) is 48.4 Å². The molecule has 100 valence electrons. The van der Waals surface area contributed by atoms with Crippen LogP contribution in [0.15, 0.2) is 36.5 Å². The van der Waals surface area contributed by atoms with E-state index >= 15 is 0 Å². The second-order valence-electron chi connectivity index (χ2n) is 4.79. The minimum Gasteiger partial charge on any atom is -0.508 e. The summed E-state index contributed by atoms with van der Waals surface area (Å²) in [6, 6.07) is 9.53. The van der Waals surface area contributed by atoms with Gasteiger partial charge in [0.2, 0.25) is 0 Å². The first-order valence-electron chi connectivity index (χ1n) is 6.22. The average molecular weight is 257 g/mol. The minimum atomic E-state index is 0.316. The molecule has 0 spiro atoms. The predicted octanol–water partition coefficient (Wildman–Crippen LogP) is 2.77. The van der Waals surface area contributed by atoms with Crippen molar-refractivity contribution in [2.24, 2.45) is 0 Å². The first-order chi connectivity index (χ1) is 9.06. The average Bonchev–Trinajstić information content (AvgIpc) is 2.40. The molecule has 1 heterocycles. The van der Waals surface area contributed by atoms with Gasteiger partial charge in [0.25, 0.3) is 0 Å². The lowest BCUT2D eigenvalue weighted by Crippen LogP contribution is -2.10. The molecule has 0 unspecified atom stereocenters. The Labute approximate surface area is 113 Å². The molecule has 0 atom stereocenters. The summed E-state index contributed by atoms with van der Waals surface area (Å²) >= 11 is 0. The van der Waals surface area contributed by atoms with Crippen molar-refractivity contribution in [3.63, 3.8) is 0 Å². The van der Waals surface area contributed by atoms with Crippen LogP contribution in [0.25, 0.3) is 0 Å². The number of phenolic OH excluding ortho intramolecular Hbond substituents is 1. The van der Waals surface area contributed by atoms with E-state index in [-0.39, 0.29) is 0 Å². The zero-order chi connectivity index (χ0) is 13.8. The van der Waals surface area contributed by atoms with E-state index in [2.05, 4.69) is 10.3 Å². The highest BCUT2D eigenvalue weighted by molar-refractivity contribution is 5.49. The summed E-state index contributed by atoms with van der Waals surface area (Å²) in [6.45, 7) is 2.59. The Morgan fingerprint density at radius 3 is 2.63 bits per heavy atom. The molecule has 0 saturated carbocycles. The van der Waals surface area contributed by atoms with Crippen molar-refractivity contribution < 1.29 is 5.11 Å². The van der Waals surface area contributed by atoms with E-state index in [9.17, 15) is 5.11 Å². The number of benzene rings is 1. The van der Waals surface area contributed by atoms with Crippen molar-refractivity contribution in [3.05, 3.63) is 47.7 Å². The van der Waals surface area contributed by atoms with Crippen LogP contribution in [-0.2, 0) is 6.54 Å². The van der Waals surface area contributed by atoms with Crippen LogP contribution >= 0.6 is 0 Å². The van der Waals surface area contributed by atoms with Gasteiger partial charge in [0.05, 0.1) is 11.9 Å². The van der Waals surface area contributed by atoms with Gasteiger partial charge in [0.1, 0.15) is 11.6 Å². The van der Waals surface area contributed by atoms with Gasteiger partial charge >= 0.3 is 0 Å². The Kier molecular flexibility index (Phi) is 3.90. The van der Waals surface area contributed by atoms with Gasteiger partial charge in [-0.2, -0.15) is 0 Å². The highest BCUT2D eigenvalue weighted by Gasteiger charge is 2.02. The number of pyridine rings is 1. The fourth-order valence-electron chi connectivity index (χ4n) is 1.81. The summed E-state index contributed by atoms with van der Waals surface area (Å²) in [5.41, 5.74) is 2.96. The van der Waals surface area contributed by atoms with Crippen molar-refractivity contribution in [2.75, 3.05) is 24.3 Å². The highest BCUT2D eigenvalue weighted by atomic mass is 16.3. The maximum atomic E-state index is 9.77. The van der Waals surface area contributed by atoms with E-state index in [1.54, 1.807) is 12.3 Å². The lowest BCUT2D eigenvalue weighted by atomic mass is 10.1. The molecule has 1 aromatic carbocycles. The number of phenols is 1. The minimum absolute atomic E-state index is 0.316. The molecule has 0 aliphatic rings. The van der Waals surface area contributed by atoms with E-state index in [0.29, 0.717) is 12.3 Å². The van der Waals surface area contributed by atoms with Gasteiger partial charge < -0.3 is 15.3 Å². The van der Waals surface area contributed by atoms with E-state index in [0.717, 1.165) is 22.6 Å². The number of aromatic hydroxyl groups is 1. The molecule has 0 amide bonds. The van der Waals surface area contributed by atoms with Crippen molar-refractivity contribution in [2.45, 2.75) is 13.5 Å². The maximum absolute atomic E-state index is 9.77. The number of hydrogen-bond donors (Lipinski definition) is 2. The van der Waals surface area contributed by atoms with Gasteiger partial charge in [-0.15, -0.1) is 0 Å². The number of rotatable bonds is 4. The summed E-state index contributed by atoms with van der Waals surface area (Å²) in [4.78, 5) is 6.29. The zero-order valence-corrected chi connectivity index (χ0v) is 11.5. The first-order valence-corrected chi connectivity index (χ1v) is 6.22. The highest BCUT2D eigenvalue weighted by Crippen LogP contribution is 2.20. The van der Waals surface area contributed by atoms with Gasteiger partial charge in [-0.05, 0) is 25.1 Å². The molecule has 4 heteroatoms. The molecule has 4 nitrogen and oxygen atoms in total. The molecular formula is C15H19N3O. The number of hydrogen-bond acceptors (Lipinski definition) is 4. The number of anilines is 2. The van der Waals surface area contributed by atoms with Crippen LogP contribution in [0.1, 0.15) is 11.1 Å². The van der Waals surface area contributed by atoms with Gasteiger partial charge in [-0.25, -0.2) is 4.98 Å². The van der Waals surface area contributed by atoms with Crippen molar-refractivity contribution in [1.29, 1.82) is 0 Å². The predicted molar refractivity (Wildman–Crippen MR) is 78.7 cm³/mol. The Morgan fingerprint density at radius 1 is 1.21 bits per heavy atom. The van der Waals surface area contributed by atoms with Crippen LogP contribution in [0.4, 0.5) is 11.5 Å². The van der Waals surface area contributed by atoms with Crippen LogP contribution in [0, 0.1) is 6.92 Å². The Bertz CT molecular complexity index is 550. The third kappa shape index (κ3) is 3.37. The quantitative estimate of drug-likeness (QED) is 0.884. The molecular weight excluding hydrogens is 238 g/mol. The van der Waals surface area contributed by atoms with Crippen molar-refractivity contribution >= 4 is 11.5 Å². The summed E-state index contributed by atoms with van der Waals surface area (Å²) in [7, 11) is 3.92. The van der Waals surface area contributed by atoms with Crippen molar-refractivity contribution in [1.82, 2.24) is 4.98 Å². The third-order valence-electron chi connectivity index (χ3n) is 2.92. The number of aryl methyl sites for hydroxylation is 1. The number of aromatic nitrogens is 1. The molecule has 0 aliphatic carbocycles. The fraction of sp³-hybridized carbons (Fsp3) is 0.267. The van der Waals surface area contributed by atoms with Crippen LogP contribution in [-0.4, -0.2) is 24.2 Å². The third-order valence-corrected chi connectivity index (χ3v) is 2.92. The Balaban J connectivity index is 2.04. The summed E-state index contributed by atoms with van der Waals surface area (Å²) in [6.07, 6.45) is 1.79. The number of nitrogens with one attached hydrogen (secondary N) is 1. The SMILES string of the molecule is Cc1ccc(O)c(CNc2ccc(N(C)C)nc2)c1. The zero-order valence-electron chi connectivity index (χ0n) is 11.5.